The summed E-state index contributed by atoms with van der Waals surface area (Å²) < 4.78 is 0. The molecule has 3 amide bonds. The molecule has 2 aliphatic rings. The molecule has 3 aromatic rings. The molecule has 5 N–H and O–H groups in total. The van der Waals surface area contributed by atoms with Gasteiger partial charge in [0.2, 0.25) is 0 Å². The highest BCUT2D eigenvalue weighted by atomic mass is 35.5. The number of urea groups is 1. The molecule has 39 heavy (non-hydrogen) atoms. The summed E-state index contributed by atoms with van der Waals surface area (Å²) in [6.07, 6.45) is 3.26. The zero-order chi connectivity index (χ0) is 27.5. The quantitative estimate of drug-likeness (QED) is 0.270. The maximum atomic E-state index is 13.1. The minimum Gasteiger partial charge on any atom is -0.480 e. The normalized spacial score (nSPS) is 16.6. The highest BCUT2D eigenvalue weighted by molar-refractivity contribution is 6.41. The third-order valence-corrected chi connectivity index (χ3v) is 7.94. The molecular formula is C29H28Cl2N4O4. The van der Waals surface area contributed by atoms with Crippen molar-refractivity contribution < 1.29 is 19.5 Å². The Labute approximate surface area is 236 Å². The lowest BCUT2D eigenvalue weighted by molar-refractivity contribution is -0.139. The van der Waals surface area contributed by atoms with Gasteiger partial charge in [-0.1, -0.05) is 71.7 Å². The van der Waals surface area contributed by atoms with Crippen molar-refractivity contribution in [3.8, 4) is 0 Å². The van der Waals surface area contributed by atoms with E-state index in [2.05, 4.69) is 33.4 Å². The first-order chi connectivity index (χ1) is 18.8. The van der Waals surface area contributed by atoms with E-state index < -0.39 is 23.9 Å². The van der Waals surface area contributed by atoms with Crippen LogP contribution >= 0.6 is 23.2 Å². The van der Waals surface area contributed by atoms with Crippen LogP contribution in [0.5, 0.6) is 0 Å². The minimum atomic E-state index is -1.40. The van der Waals surface area contributed by atoms with Crippen molar-refractivity contribution in [3.63, 3.8) is 0 Å². The van der Waals surface area contributed by atoms with E-state index in [1.165, 1.54) is 16.7 Å². The number of rotatable bonds is 8. The van der Waals surface area contributed by atoms with Crippen LogP contribution in [0.2, 0.25) is 10.0 Å². The summed E-state index contributed by atoms with van der Waals surface area (Å²) in [5.41, 5.74) is 5.26. The lowest BCUT2D eigenvalue weighted by Gasteiger charge is -2.20. The number of carboxylic acid groups (broad SMARTS) is 1. The third-order valence-electron chi connectivity index (χ3n) is 7.24. The number of aliphatic carboxylic acids is 1. The number of carbonyl (C=O) groups excluding carboxylic acids is 2. The number of carboxylic acids is 1. The van der Waals surface area contributed by atoms with E-state index in [4.69, 9.17) is 23.2 Å². The Bertz CT molecular complexity index is 1410. The van der Waals surface area contributed by atoms with Crippen molar-refractivity contribution in [1.29, 1.82) is 0 Å². The summed E-state index contributed by atoms with van der Waals surface area (Å²) in [5, 5.41) is 21.1. The van der Waals surface area contributed by atoms with Crippen LogP contribution < -0.4 is 21.3 Å². The van der Waals surface area contributed by atoms with Gasteiger partial charge in [0.15, 0.2) is 0 Å². The second kappa shape index (κ2) is 11.6. The SMILES string of the molecule is O=C(NCC(NC(=O)c1c(Cl)ccc(NC2Cc3ccccc3C2)c1Cl)C(=O)O)N[C@@H]1CCc2ccccc21. The van der Waals surface area contributed by atoms with Crippen molar-refractivity contribution in [1.82, 2.24) is 16.0 Å². The number of benzene rings is 3. The summed E-state index contributed by atoms with van der Waals surface area (Å²) in [5.74, 6) is -2.05. The van der Waals surface area contributed by atoms with E-state index in [9.17, 15) is 19.5 Å². The topological polar surface area (TPSA) is 120 Å². The molecule has 5 rings (SSSR count). The van der Waals surface area contributed by atoms with E-state index in [1.54, 1.807) is 12.1 Å². The molecular weight excluding hydrogens is 539 g/mol. The summed E-state index contributed by atoms with van der Waals surface area (Å²) in [6.45, 7) is -0.325. The van der Waals surface area contributed by atoms with Crippen molar-refractivity contribution in [2.45, 2.75) is 43.8 Å². The number of hydrogen-bond donors (Lipinski definition) is 5. The number of carbonyl (C=O) groups is 3. The summed E-state index contributed by atoms with van der Waals surface area (Å²) in [4.78, 5) is 37.5. The number of anilines is 1. The molecule has 0 aliphatic heterocycles. The Morgan fingerprint density at radius 3 is 2.28 bits per heavy atom. The molecule has 10 heteroatoms. The lowest BCUT2D eigenvalue weighted by atomic mass is 10.1. The van der Waals surface area contributed by atoms with Gasteiger partial charge in [-0.05, 0) is 60.1 Å². The minimum absolute atomic E-state index is 0.0305. The number of fused-ring (bicyclic) bond motifs is 2. The summed E-state index contributed by atoms with van der Waals surface area (Å²) in [7, 11) is 0. The zero-order valence-electron chi connectivity index (χ0n) is 21.0. The van der Waals surface area contributed by atoms with E-state index in [1.807, 2.05) is 36.4 Å². The molecule has 0 bridgehead atoms. The van der Waals surface area contributed by atoms with Crippen LogP contribution in [0, 0.1) is 0 Å². The van der Waals surface area contributed by atoms with Gasteiger partial charge in [-0.15, -0.1) is 0 Å². The van der Waals surface area contributed by atoms with Crippen molar-refractivity contribution >= 4 is 46.8 Å². The van der Waals surface area contributed by atoms with Gasteiger partial charge in [-0.2, -0.15) is 0 Å². The summed E-state index contributed by atoms with van der Waals surface area (Å²) in [6, 6.07) is 17.3. The van der Waals surface area contributed by atoms with Crippen LogP contribution in [0.15, 0.2) is 60.7 Å². The molecule has 1 unspecified atom stereocenters. The van der Waals surface area contributed by atoms with E-state index in [0.717, 1.165) is 31.2 Å². The Hall–Kier alpha value is -3.75. The molecule has 3 aromatic carbocycles. The molecule has 2 atom stereocenters. The van der Waals surface area contributed by atoms with Crippen LogP contribution in [0.1, 0.15) is 45.1 Å². The predicted molar refractivity (Wildman–Crippen MR) is 151 cm³/mol. The Balaban J connectivity index is 1.21. The first kappa shape index (κ1) is 26.8. The number of aryl methyl sites for hydroxylation is 1. The molecule has 0 saturated carbocycles. The fourth-order valence-electron chi connectivity index (χ4n) is 5.29. The van der Waals surface area contributed by atoms with Gasteiger partial charge in [0, 0.05) is 6.04 Å². The molecule has 2 aliphatic carbocycles. The maximum Gasteiger partial charge on any atom is 0.328 e. The van der Waals surface area contributed by atoms with Gasteiger partial charge in [0.25, 0.3) is 5.91 Å². The van der Waals surface area contributed by atoms with Crippen molar-refractivity contribution in [3.05, 3.63) is 98.5 Å². The standard InChI is InChI=1S/C29H28Cl2N4O4/c30-21-10-12-23(33-19-13-17-6-1-2-7-18(17)14-19)26(31)25(21)27(36)34-24(28(37)38)15-32-29(39)35-22-11-9-16-5-3-4-8-20(16)22/h1-8,10,12,19,22,24,33H,9,11,13-15H2,(H,34,36)(H,37,38)(H2,32,35,39)/t22-,24?/m1/s1. The maximum absolute atomic E-state index is 13.1. The largest absolute Gasteiger partial charge is 0.480 e. The van der Waals surface area contributed by atoms with Gasteiger partial charge in [0.05, 0.1) is 33.9 Å². The monoisotopic (exact) mass is 566 g/mol. The van der Waals surface area contributed by atoms with Crippen LogP contribution in [-0.4, -0.2) is 41.6 Å². The van der Waals surface area contributed by atoms with Gasteiger partial charge in [0.1, 0.15) is 6.04 Å². The molecule has 0 spiro atoms. The molecule has 0 heterocycles. The van der Waals surface area contributed by atoms with E-state index >= 15 is 0 Å². The zero-order valence-corrected chi connectivity index (χ0v) is 22.5. The molecule has 0 aromatic heterocycles. The van der Waals surface area contributed by atoms with Gasteiger partial charge >= 0.3 is 12.0 Å². The fourth-order valence-corrected chi connectivity index (χ4v) is 5.89. The Morgan fingerprint density at radius 1 is 0.923 bits per heavy atom. The van der Waals surface area contributed by atoms with Crippen LogP contribution in [-0.2, 0) is 24.1 Å². The van der Waals surface area contributed by atoms with Gasteiger partial charge in [-0.25, -0.2) is 9.59 Å². The lowest BCUT2D eigenvalue weighted by Crippen LogP contribution is -2.50. The first-order valence-corrected chi connectivity index (χ1v) is 13.5. The number of nitrogens with one attached hydrogen (secondary N) is 4. The van der Waals surface area contributed by atoms with Crippen LogP contribution in [0.25, 0.3) is 0 Å². The average Bonchev–Trinajstić information content (AvgIpc) is 3.51. The first-order valence-electron chi connectivity index (χ1n) is 12.8. The van der Waals surface area contributed by atoms with E-state index in [-0.39, 0.29) is 34.2 Å². The third kappa shape index (κ3) is 5.97. The molecule has 0 fully saturated rings. The van der Waals surface area contributed by atoms with Crippen LogP contribution in [0.3, 0.4) is 0 Å². The number of amides is 3. The summed E-state index contributed by atoms with van der Waals surface area (Å²) >= 11 is 12.9. The van der Waals surface area contributed by atoms with Crippen LogP contribution in [0.4, 0.5) is 10.5 Å². The molecule has 0 radical (unpaired) electrons. The number of halogens is 2. The second-order valence-corrected chi connectivity index (χ2v) is 10.6. The molecule has 0 saturated heterocycles. The highest BCUT2D eigenvalue weighted by Crippen LogP contribution is 2.34. The van der Waals surface area contributed by atoms with Gasteiger partial charge in [-0.3, -0.25) is 4.79 Å². The number of hydrogen-bond acceptors (Lipinski definition) is 4. The highest BCUT2D eigenvalue weighted by Gasteiger charge is 2.28. The molecule has 202 valence electrons. The smallest absolute Gasteiger partial charge is 0.328 e. The Morgan fingerprint density at radius 2 is 1.59 bits per heavy atom. The molecule has 8 nitrogen and oxygen atoms in total. The average molecular weight is 567 g/mol. The predicted octanol–water partition coefficient (Wildman–Crippen LogP) is 4.74. The van der Waals surface area contributed by atoms with Crippen molar-refractivity contribution in [2.24, 2.45) is 0 Å². The van der Waals surface area contributed by atoms with Crippen molar-refractivity contribution in [2.75, 3.05) is 11.9 Å². The fraction of sp³-hybridized carbons (Fsp3) is 0.276. The Kier molecular flexibility index (Phi) is 7.95. The van der Waals surface area contributed by atoms with E-state index in [0.29, 0.717) is 5.69 Å². The second-order valence-electron chi connectivity index (χ2n) is 9.81. The van der Waals surface area contributed by atoms with Gasteiger partial charge < -0.3 is 26.4 Å².